The van der Waals surface area contributed by atoms with E-state index in [0.717, 1.165) is 22.3 Å². The quantitative estimate of drug-likeness (QED) is 0.876. The Balaban J connectivity index is 2.28. The summed E-state index contributed by atoms with van der Waals surface area (Å²) in [7, 11) is 1.72. The summed E-state index contributed by atoms with van der Waals surface area (Å²) in [6.07, 6.45) is 2.01. The van der Waals surface area contributed by atoms with Gasteiger partial charge < -0.3 is 14.7 Å². The van der Waals surface area contributed by atoms with Gasteiger partial charge in [0, 0.05) is 35.4 Å². The molecule has 1 aromatic rings. The zero-order valence-electron chi connectivity index (χ0n) is 10.9. The van der Waals surface area contributed by atoms with Crippen LogP contribution in [0.25, 0.3) is 0 Å². The van der Waals surface area contributed by atoms with Crippen molar-refractivity contribution in [3.05, 3.63) is 28.2 Å². The van der Waals surface area contributed by atoms with Crippen molar-refractivity contribution in [3.63, 3.8) is 0 Å². The topological polar surface area (TPSA) is 32.7 Å². The second-order valence-electron chi connectivity index (χ2n) is 4.80. The van der Waals surface area contributed by atoms with Crippen molar-refractivity contribution in [1.82, 2.24) is 0 Å². The Morgan fingerprint density at radius 3 is 2.78 bits per heavy atom. The summed E-state index contributed by atoms with van der Waals surface area (Å²) in [6.45, 7) is 3.40. The summed E-state index contributed by atoms with van der Waals surface area (Å²) in [5, 5.41) is 9.93. The van der Waals surface area contributed by atoms with E-state index in [2.05, 4.69) is 26.9 Å². The number of aliphatic hydroxyl groups is 1. The Bertz CT molecular complexity index is 405. The average molecular weight is 314 g/mol. The highest BCUT2D eigenvalue weighted by molar-refractivity contribution is 9.10. The first-order valence-electron chi connectivity index (χ1n) is 6.36. The standard InChI is InChI=1S/C14H20BrNO2/c1-10(17)13-9-11(15)3-6-14(13)16(7-8-18-2)12-4-5-12/h3,6,9-10,12,17H,4-5,7-8H2,1-2H3. The van der Waals surface area contributed by atoms with Crippen LogP contribution < -0.4 is 4.90 Å². The van der Waals surface area contributed by atoms with Crippen molar-refractivity contribution < 1.29 is 9.84 Å². The molecule has 0 heterocycles. The number of hydrogen-bond donors (Lipinski definition) is 1. The molecule has 0 aliphatic heterocycles. The summed E-state index contributed by atoms with van der Waals surface area (Å²) in [4.78, 5) is 2.36. The first kappa shape index (κ1) is 13.8. The van der Waals surface area contributed by atoms with Gasteiger partial charge in [0.15, 0.2) is 0 Å². The minimum atomic E-state index is -0.457. The molecular formula is C14H20BrNO2. The number of benzene rings is 1. The van der Waals surface area contributed by atoms with E-state index in [1.165, 1.54) is 12.8 Å². The van der Waals surface area contributed by atoms with Gasteiger partial charge in [-0.15, -0.1) is 0 Å². The maximum atomic E-state index is 9.93. The first-order valence-corrected chi connectivity index (χ1v) is 7.16. The van der Waals surface area contributed by atoms with Gasteiger partial charge in [0.2, 0.25) is 0 Å². The lowest BCUT2D eigenvalue weighted by molar-refractivity contribution is 0.197. The van der Waals surface area contributed by atoms with Crippen LogP contribution >= 0.6 is 15.9 Å². The van der Waals surface area contributed by atoms with E-state index >= 15 is 0 Å². The Labute approximate surface area is 117 Å². The van der Waals surface area contributed by atoms with Crippen molar-refractivity contribution in [2.45, 2.75) is 31.9 Å². The number of ether oxygens (including phenoxy) is 1. The maximum absolute atomic E-state index is 9.93. The Kier molecular flexibility index (Phi) is 4.65. The number of hydrogen-bond acceptors (Lipinski definition) is 3. The van der Waals surface area contributed by atoms with Crippen molar-refractivity contribution in [2.75, 3.05) is 25.2 Å². The predicted molar refractivity (Wildman–Crippen MR) is 77.0 cm³/mol. The molecule has 0 aromatic heterocycles. The SMILES string of the molecule is COCCN(c1ccc(Br)cc1C(C)O)C1CC1. The van der Waals surface area contributed by atoms with Crippen molar-refractivity contribution in [2.24, 2.45) is 0 Å². The highest BCUT2D eigenvalue weighted by Gasteiger charge is 2.30. The van der Waals surface area contributed by atoms with Crippen LogP contribution in [0.4, 0.5) is 5.69 Å². The molecule has 1 fully saturated rings. The zero-order valence-corrected chi connectivity index (χ0v) is 12.5. The third-order valence-corrected chi connectivity index (χ3v) is 3.77. The van der Waals surface area contributed by atoms with Gasteiger partial charge in [-0.3, -0.25) is 0 Å². The summed E-state index contributed by atoms with van der Waals surface area (Å²) < 4.78 is 6.19. The van der Waals surface area contributed by atoms with E-state index in [1.54, 1.807) is 7.11 Å². The van der Waals surface area contributed by atoms with Crippen LogP contribution in [0.5, 0.6) is 0 Å². The largest absolute Gasteiger partial charge is 0.389 e. The summed E-state index contributed by atoms with van der Waals surface area (Å²) >= 11 is 3.46. The lowest BCUT2D eigenvalue weighted by Crippen LogP contribution is -2.30. The van der Waals surface area contributed by atoms with Crippen molar-refractivity contribution >= 4 is 21.6 Å². The van der Waals surface area contributed by atoms with Gasteiger partial charge in [-0.1, -0.05) is 15.9 Å². The van der Waals surface area contributed by atoms with Gasteiger partial charge in [0.25, 0.3) is 0 Å². The maximum Gasteiger partial charge on any atom is 0.0782 e. The number of methoxy groups -OCH3 is 1. The summed E-state index contributed by atoms with van der Waals surface area (Å²) in [5.74, 6) is 0. The van der Waals surface area contributed by atoms with E-state index in [-0.39, 0.29) is 0 Å². The molecule has 0 radical (unpaired) electrons. The van der Waals surface area contributed by atoms with E-state index in [4.69, 9.17) is 4.74 Å². The summed E-state index contributed by atoms with van der Waals surface area (Å²) in [5.41, 5.74) is 2.11. The van der Waals surface area contributed by atoms with Crippen LogP contribution in [0.2, 0.25) is 0 Å². The fraction of sp³-hybridized carbons (Fsp3) is 0.571. The highest BCUT2D eigenvalue weighted by atomic mass is 79.9. The van der Waals surface area contributed by atoms with Gasteiger partial charge in [0.05, 0.1) is 12.7 Å². The van der Waals surface area contributed by atoms with Crippen LogP contribution in [0.15, 0.2) is 22.7 Å². The Morgan fingerprint density at radius 2 is 2.22 bits per heavy atom. The monoisotopic (exact) mass is 313 g/mol. The fourth-order valence-electron chi connectivity index (χ4n) is 2.20. The molecule has 1 saturated carbocycles. The fourth-order valence-corrected chi connectivity index (χ4v) is 2.58. The molecule has 18 heavy (non-hydrogen) atoms. The lowest BCUT2D eigenvalue weighted by atomic mass is 10.1. The van der Waals surface area contributed by atoms with E-state index in [9.17, 15) is 5.11 Å². The predicted octanol–water partition coefficient (Wildman–Crippen LogP) is 3.12. The lowest BCUT2D eigenvalue weighted by Gasteiger charge is -2.28. The molecule has 2 rings (SSSR count). The minimum absolute atomic E-state index is 0.457. The first-order chi connectivity index (χ1) is 8.63. The van der Waals surface area contributed by atoms with Crippen LogP contribution in [0.1, 0.15) is 31.4 Å². The molecule has 1 aliphatic rings. The van der Waals surface area contributed by atoms with Gasteiger partial charge in [-0.2, -0.15) is 0 Å². The number of aliphatic hydroxyl groups excluding tert-OH is 1. The summed E-state index contributed by atoms with van der Waals surface area (Å²) in [6, 6.07) is 6.73. The third-order valence-electron chi connectivity index (χ3n) is 3.27. The van der Waals surface area contributed by atoms with Crippen LogP contribution in [-0.4, -0.2) is 31.4 Å². The van der Waals surface area contributed by atoms with Gasteiger partial charge in [-0.25, -0.2) is 0 Å². The van der Waals surface area contributed by atoms with Gasteiger partial charge in [-0.05, 0) is 38.0 Å². The smallest absolute Gasteiger partial charge is 0.0782 e. The molecule has 0 amide bonds. The molecule has 1 N–H and O–H groups in total. The second-order valence-corrected chi connectivity index (χ2v) is 5.71. The second kappa shape index (κ2) is 6.04. The molecule has 3 nitrogen and oxygen atoms in total. The van der Waals surface area contributed by atoms with Crippen molar-refractivity contribution in [1.29, 1.82) is 0 Å². The van der Waals surface area contributed by atoms with Crippen molar-refractivity contribution in [3.8, 4) is 0 Å². The number of rotatable bonds is 6. The normalized spacial score (nSPS) is 16.7. The average Bonchev–Trinajstić information content (AvgIpc) is 3.15. The van der Waals surface area contributed by atoms with Crippen LogP contribution in [0.3, 0.4) is 0 Å². The number of anilines is 1. The van der Waals surface area contributed by atoms with E-state index in [1.807, 2.05) is 19.1 Å². The van der Waals surface area contributed by atoms with Gasteiger partial charge >= 0.3 is 0 Å². The molecule has 0 saturated heterocycles. The molecule has 1 unspecified atom stereocenters. The molecule has 100 valence electrons. The molecule has 4 heteroatoms. The number of halogens is 1. The molecule has 1 atom stereocenters. The highest BCUT2D eigenvalue weighted by Crippen LogP contribution is 2.36. The van der Waals surface area contributed by atoms with Crippen LogP contribution in [-0.2, 0) is 4.74 Å². The van der Waals surface area contributed by atoms with Gasteiger partial charge in [0.1, 0.15) is 0 Å². The molecule has 0 bridgehead atoms. The third kappa shape index (κ3) is 3.25. The molecular weight excluding hydrogens is 294 g/mol. The Hall–Kier alpha value is -0.580. The van der Waals surface area contributed by atoms with Crippen LogP contribution in [0, 0.1) is 0 Å². The molecule has 0 spiro atoms. The van der Waals surface area contributed by atoms with E-state index < -0.39 is 6.10 Å². The minimum Gasteiger partial charge on any atom is -0.389 e. The zero-order chi connectivity index (χ0) is 13.1. The molecule has 1 aliphatic carbocycles. The Morgan fingerprint density at radius 1 is 1.50 bits per heavy atom. The molecule has 1 aromatic carbocycles. The van der Waals surface area contributed by atoms with E-state index in [0.29, 0.717) is 12.6 Å². The number of nitrogens with zero attached hydrogens (tertiary/aromatic N) is 1.